The van der Waals surface area contributed by atoms with E-state index in [-0.39, 0.29) is 12.3 Å². The first-order valence-corrected chi connectivity index (χ1v) is 14.3. The van der Waals surface area contributed by atoms with E-state index in [9.17, 15) is 4.79 Å². The number of carbonyl (C=O) groups is 1. The highest BCUT2D eigenvalue weighted by Gasteiger charge is 2.29. The molecule has 4 nitrogen and oxygen atoms in total. The normalized spacial score (nSPS) is 11.8. The number of hydrogen-bond donors (Lipinski definition) is 0. The Hall–Kier alpha value is -4.14. The van der Waals surface area contributed by atoms with E-state index >= 15 is 0 Å². The molecule has 0 radical (unpaired) electrons. The van der Waals surface area contributed by atoms with Gasteiger partial charge in [0.05, 0.1) is 20.8 Å². The molecule has 0 aliphatic heterocycles. The Bertz CT molecular complexity index is 1370. The average molecular weight is 522 g/mol. The zero-order valence-corrected chi connectivity index (χ0v) is 22.8. The van der Waals surface area contributed by atoms with Gasteiger partial charge in [0.15, 0.2) is 0 Å². The first-order chi connectivity index (χ1) is 18.6. The van der Waals surface area contributed by atoms with Gasteiger partial charge >= 0.3 is 5.97 Å². The van der Waals surface area contributed by atoms with Crippen molar-refractivity contribution in [1.29, 1.82) is 0 Å². The van der Waals surface area contributed by atoms with Crippen LogP contribution in [0.5, 0.6) is 5.75 Å². The fraction of sp³-hybridized carbons (Fsp3) is 0.121. The molecule has 0 saturated carbocycles. The van der Waals surface area contributed by atoms with Crippen LogP contribution in [-0.4, -0.2) is 19.7 Å². The van der Waals surface area contributed by atoms with Crippen molar-refractivity contribution < 1.29 is 14.3 Å². The summed E-state index contributed by atoms with van der Waals surface area (Å²) >= 11 is 0. The standard InChI is InChI=1S/C33H32NO3P/c1-4-37-33(35)31(24-15-23-30-26(2)16-14-25-32(30)36-3)34-38(27-17-8-5-9-18-27,28-19-10-6-11-20-28)29-21-12-7-13-22-29/h5-25H,4H2,1-3H3/b23-15+,31-24-. The predicted octanol–water partition coefficient (Wildman–Crippen LogP) is 6.64. The molecule has 192 valence electrons. The van der Waals surface area contributed by atoms with E-state index in [1.165, 1.54) is 0 Å². The molecule has 4 aromatic carbocycles. The first kappa shape index (κ1) is 26.9. The second-order valence-corrected chi connectivity index (χ2v) is 11.6. The number of carbonyl (C=O) groups excluding carboxylic acids is 1. The van der Waals surface area contributed by atoms with E-state index in [1.807, 2.05) is 91.9 Å². The van der Waals surface area contributed by atoms with Gasteiger partial charge in [0.1, 0.15) is 11.4 Å². The molecule has 38 heavy (non-hydrogen) atoms. The van der Waals surface area contributed by atoms with Crippen LogP contribution >= 0.6 is 7.05 Å². The van der Waals surface area contributed by atoms with Crippen LogP contribution in [0.4, 0.5) is 0 Å². The molecule has 0 N–H and O–H groups in total. The minimum atomic E-state index is -2.63. The first-order valence-electron chi connectivity index (χ1n) is 12.6. The number of methoxy groups -OCH3 is 1. The molecule has 0 unspecified atom stereocenters. The highest BCUT2D eigenvalue weighted by Crippen LogP contribution is 2.47. The van der Waals surface area contributed by atoms with Gasteiger partial charge in [-0.1, -0.05) is 115 Å². The molecule has 0 aliphatic rings. The van der Waals surface area contributed by atoms with Gasteiger partial charge in [-0.05, 0) is 31.6 Å². The van der Waals surface area contributed by atoms with Crippen molar-refractivity contribution in [2.24, 2.45) is 4.74 Å². The van der Waals surface area contributed by atoms with E-state index in [1.54, 1.807) is 20.1 Å². The van der Waals surface area contributed by atoms with Crippen LogP contribution in [0.1, 0.15) is 18.1 Å². The zero-order chi connectivity index (χ0) is 26.8. The van der Waals surface area contributed by atoms with Gasteiger partial charge in [-0.3, -0.25) is 0 Å². The third kappa shape index (κ3) is 5.88. The van der Waals surface area contributed by atoms with Crippen molar-refractivity contribution in [3.8, 4) is 5.75 Å². The lowest BCUT2D eigenvalue weighted by Crippen LogP contribution is -2.26. The largest absolute Gasteiger partial charge is 0.496 e. The van der Waals surface area contributed by atoms with Crippen LogP contribution in [0.15, 0.2) is 132 Å². The summed E-state index contributed by atoms with van der Waals surface area (Å²) in [5.41, 5.74) is 2.29. The van der Waals surface area contributed by atoms with Crippen molar-refractivity contribution >= 4 is 35.0 Å². The number of hydrogen-bond acceptors (Lipinski definition) is 4. The van der Waals surface area contributed by atoms with Gasteiger partial charge in [-0.25, -0.2) is 9.54 Å². The average Bonchev–Trinajstić information content (AvgIpc) is 2.97. The summed E-state index contributed by atoms with van der Waals surface area (Å²) in [7, 11) is -0.974. The number of aryl methyl sites for hydroxylation is 1. The fourth-order valence-corrected chi connectivity index (χ4v) is 7.86. The molecule has 0 atom stereocenters. The maximum absolute atomic E-state index is 13.3. The van der Waals surface area contributed by atoms with E-state index in [4.69, 9.17) is 14.2 Å². The number of allylic oxidation sites excluding steroid dienone is 2. The van der Waals surface area contributed by atoms with Crippen LogP contribution in [0, 0.1) is 6.92 Å². The lowest BCUT2D eigenvalue weighted by Gasteiger charge is -2.27. The molecule has 4 rings (SSSR count). The second kappa shape index (κ2) is 12.9. The summed E-state index contributed by atoms with van der Waals surface area (Å²) in [6.07, 6.45) is 5.53. The SMILES string of the molecule is CCOC(=O)/C(=C/C=C/c1c(C)cccc1OC)N=P(c1ccccc1)(c1ccccc1)c1ccccc1. The summed E-state index contributed by atoms with van der Waals surface area (Å²) < 4.78 is 16.4. The Kier molecular flexibility index (Phi) is 9.13. The van der Waals surface area contributed by atoms with Crippen molar-refractivity contribution in [3.63, 3.8) is 0 Å². The van der Waals surface area contributed by atoms with E-state index < -0.39 is 13.0 Å². The quantitative estimate of drug-likeness (QED) is 0.107. The topological polar surface area (TPSA) is 47.9 Å². The molecule has 0 bridgehead atoms. The maximum atomic E-state index is 13.3. The lowest BCUT2D eigenvalue weighted by atomic mass is 10.1. The number of ether oxygens (including phenoxy) is 2. The third-order valence-corrected chi connectivity index (χ3v) is 9.80. The van der Waals surface area contributed by atoms with Gasteiger partial charge in [0.2, 0.25) is 0 Å². The Labute approximate surface area is 225 Å². The number of esters is 1. The Balaban J connectivity index is 2.01. The molecule has 4 aromatic rings. The van der Waals surface area contributed by atoms with Crippen LogP contribution in [0.2, 0.25) is 0 Å². The highest BCUT2D eigenvalue weighted by atomic mass is 31.2. The molecular formula is C33H32NO3P. The smallest absolute Gasteiger partial charge is 0.356 e. The zero-order valence-electron chi connectivity index (χ0n) is 22.0. The number of rotatable bonds is 9. The van der Waals surface area contributed by atoms with E-state index in [0.717, 1.165) is 32.8 Å². The van der Waals surface area contributed by atoms with Crippen molar-refractivity contribution in [3.05, 3.63) is 138 Å². The molecule has 0 heterocycles. The fourth-order valence-electron chi connectivity index (χ4n) is 4.34. The molecular weight excluding hydrogens is 489 g/mol. The van der Waals surface area contributed by atoms with Crippen molar-refractivity contribution in [2.45, 2.75) is 13.8 Å². The van der Waals surface area contributed by atoms with Crippen LogP contribution in [-0.2, 0) is 9.53 Å². The van der Waals surface area contributed by atoms with Gasteiger partial charge in [0.25, 0.3) is 0 Å². The Morgan fingerprint density at radius 2 is 1.32 bits per heavy atom. The summed E-state index contributed by atoms with van der Waals surface area (Å²) in [6, 6.07) is 36.5. The summed E-state index contributed by atoms with van der Waals surface area (Å²) in [6.45, 7) is 4.09. The van der Waals surface area contributed by atoms with Crippen molar-refractivity contribution in [1.82, 2.24) is 0 Å². The summed E-state index contributed by atoms with van der Waals surface area (Å²) in [5, 5.41) is 3.16. The molecule has 0 aliphatic carbocycles. The highest BCUT2D eigenvalue weighted by molar-refractivity contribution is 7.87. The second-order valence-electron chi connectivity index (χ2n) is 8.56. The predicted molar refractivity (Wildman–Crippen MR) is 159 cm³/mol. The van der Waals surface area contributed by atoms with Crippen LogP contribution < -0.4 is 20.7 Å². The number of nitrogens with zero attached hydrogens (tertiary/aromatic N) is 1. The van der Waals surface area contributed by atoms with Gasteiger partial charge < -0.3 is 9.47 Å². The summed E-state index contributed by atoms with van der Waals surface area (Å²) in [4.78, 5) is 13.3. The number of benzene rings is 4. The van der Waals surface area contributed by atoms with E-state index in [2.05, 4.69) is 36.4 Å². The van der Waals surface area contributed by atoms with E-state index in [0.29, 0.717) is 0 Å². The molecule has 0 aromatic heterocycles. The maximum Gasteiger partial charge on any atom is 0.356 e. The van der Waals surface area contributed by atoms with Gasteiger partial charge in [-0.2, -0.15) is 0 Å². The van der Waals surface area contributed by atoms with Crippen LogP contribution in [0.3, 0.4) is 0 Å². The van der Waals surface area contributed by atoms with Crippen LogP contribution in [0.25, 0.3) is 6.08 Å². The molecule has 0 saturated heterocycles. The Morgan fingerprint density at radius 1 is 0.789 bits per heavy atom. The molecule has 0 fully saturated rings. The lowest BCUT2D eigenvalue weighted by molar-refractivity contribution is -0.138. The van der Waals surface area contributed by atoms with Crippen molar-refractivity contribution in [2.75, 3.05) is 13.7 Å². The summed E-state index contributed by atoms with van der Waals surface area (Å²) in [5.74, 6) is 0.310. The molecule has 0 amide bonds. The third-order valence-electron chi connectivity index (χ3n) is 6.15. The van der Waals surface area contributed by atoms with Gasteiger partial charge in [0, 0.05) is 21.5 Å². The van der Waals surface area contributed by atoms with Gasteiger partial charge in [-0.15, -0.1) is 0 Å². The molecule has 5 heteroatoms. The minimum absolute atomic E-state index is 0.258. The minimum Gasteiger partial charge on any atom is -0.496 e. The molecule has 0 spiro atoms. The monoisotopic (exact) mass is 521 g/mol. The Morgan fingerprint density at radius 3 is 1.79 bits per heavy atom.